The summed E-state index contributed by atoms with van der Waals surface area (Å²) < 4.78 is 0. The summed E-state index contributed by atoms with van der Waals surface area (Å²) in [6.07, 6.45) is 5.58. The topological polar surface area (TPSA) is 80.9 Å². The summed E-state index contributed by atoms with van der Waals surface area (Å²) >= 11 is 1.41. The fourth-order valence-corrected chi connectivity index (χ4v) is 2.96. The number of carbonyl (C=O) groups is 1. The molecule has 0 spiro atoms. The molecular formula is C17H16N4OS. The van der Waals surface area contributed by atoms with Crippen LogP contribution in [0, 0.1) is 0 Å². The maximum atomic E-state index is 12.2. The molecular weight excluding hydrogens is 308 g/mol. The first kappa shape index (κ1) is 15.3. The Kier molecular flexibility index (Phi) is 4.75. The van der Waals surface area contributed by atoms with E-state index in [0.29, 0.717) is 11.4 Å². The number of thiazole rings is 1. The highest BCUT2D eigenvalue weighted by Gasteiger charge is 2.15. The second-order valence-electron chi connectivity index (χ2n) is 5.05. The van der Waals surface area contributed by atoms with Crippen LogP contribution < -0.4 is 11.1 Å². The molecule has 3 rings (SSSR count). The third kappa shape index (κ3) is 4.00. The van der Waals surface area contributed by atoms with Crippen molar-refractivity contribution in [1.82, 2.24) is 9.97 Å². The van der Waals surface area contributed by atoms with E-state index in [0.717, 1.165) is 16.1 Å². The molecule has 0 radical (unpaired) electrons. The molecule has 0 aliphatic carbocycles. The smallest absolute Gasteiger partial charge is 0.242 e. The van der Waals surface area contributed by atoms with Gasteiger partial charge in [0.15, 0.2) is 0 Å². The van der Waals surface area contributed by atoms with Crippen LogP contribution in [-0.2, 0) is 11.2 Å². The van der Waals surface area contributed by atoms with Gasteiger partial charge in [-0.3, -0.25) is 9.78 Å². The number of aromatic nitrogens is 2. The molecule has 5 nitrogen and oxygen atoms in total. The standard InChI is InChI=1S/C17H16N4OS/c18-14(10-12-4-2-1-3-5-12)16(22)21-15-11-20-17(23-15)13-6-8-19-9-7-13/h1-9,11,14H,10,18H2,(H,21,22)/t14-/m0/s1. The molecule has 1 aromatic carbocycles. The van der Waals surface area contributed by atoms with Gasteiger partial charge in [-0.05, 0) is 24.1 Å². The van der Waals surface area contributed by atoms with Gasteiger partial charge in [-0.15, -0.1) is 0 Å². The summed E-state index contributed by atoms with van der Waals surface area (Å²) in [6.45, 7) is 0. The van der Waals surface area contributed by atoms with Gasteiger partial charge in [0.1, 0.15) is 10.0 Å². The molecule has 6 heteroatoms. The van der Waals surface area contributed by atoms with E-state index in [1.807, 2.05) is 42.5 Å². The molecule has 0 unspecified atom stereocenters. The van der Waals surface area contributed by atoms with Gasteiger partial charge in [0.05, 0.1) is 12.2 Å². The van der Waals surface area contributed by atoms with Crippen LogP contribution >= 0.6 is 11.3 Å². The van der Waals surface area contributed by atoms with E-state index in [1.54, 1.807) is 18.6 Å². The highest BCUT2D eigenvalue weighted by Crippen LogP contribution is 2.27. The number of pyridine rings is 1. The van der Waals surface area contributed by atoms with E-state index in [1.165, 1.54) is 11.3 Å². The first-order chi connectivity index (χ1) is 11.2. The number of hydrogen-bond acceptors (Lipinski definition) is 5. The van der Waals surface area contributed by atoms with Crippen molar-refractivity contribution in [3.05, 3.63) is 66.6 Å². The number of hydrogen-bond donors (Lipinski definition) is 2. The van der Waals surface area contributed by atoms with Crippen LogP contribution in [0.2, 0.25) is 0 Å². The van der Waals surface area contributed by atoms with Crippen LogP contribution in [0.4, 0.5) is 5.00 Å². The molecule has 0 bridgehead atoms. The van der Waals surface area contributed by atoms with Gasteiger partial charge >= 0.3 is 0 Å². The Labute approximate surface area is 138 Å². The zero-order valence-corrected chi connectivity index (χ0v) is 13.2. The molecule has 0 aliphatic rings. The quantitative estimate of drug-likeness (QED) is 0.756. The summed E-state index contributed by atoms with van der Waals surface area (Å²) in [5, 5.41) is 4.35. The van der Waals surface area contributed by atoms with Crippen molar-refractivity contribution in [2.24, 2.45) is 5.73 Å². The lowest BCUT2D eigenvalue weighted by Crippen LogP contribution is -2.37. The Morgan fingerprint density at radius 2 is 1.91 bits per heavy atom. The van der Waals surface area contributed by atoms with Gasteiger partial charge in [-0.1, -0.05) is 41.7 Å². The van der Waals surface area contributed by atoms with E-state index >= 15 is 0 Å². The molecule has 1 atom stereocenters. The minimum atomic E-state index is -0.594. The lowest BCUT2D eigenvalue weighted by atomic mass is 10.1. The van der Waals surface area contributed by atoms with Crippen molar-refractivity contribution < 1.29 is 4.79 Å². The van der Waals surface area contributed by atoms with Crippen LogP contribution in [0.15, 0.2) is 61.1 Å². The van der Waals surface area contributed by atoms with E-state index in [-0.39, 0.29) is 5.91 Å². The van der Waals surface area contributed by atoms with Crippen molar-refractivity contribution in [3.8, 4) is 10.6 Å². The number of benzene rings is 1. The average Bonchev–Trinajstić information content (AvgIpc) is 3.05. The van der Waals surface area contributed by atoms with E-state index in [9.17, 15) is 4.79 Å². The molecule has 1 amide bonds. The third-order valence-corrected chi connectivity index (χ3v) is 4.28. The maximum Gasteiger partial charge on any atom is 0.242 e. The van der Waals surface area contributed by atoms with Gasteiger partial charge < -0.3 is 11.1 Å². The number of nitrogens with one attached hydrogen (secondary N) is 1. The van der Waals surface area contributed by atoms with Gasteiger partial charge in [0, 0.05) is 18.0 Å². The van der Waals surface area contributed by atoms with E-state index in [2.05, 4.69) is 15.3 Å². The Bertz CT molecular complexity index is 774. The maximum absolute atomic E-state index is 12.2. The normalized spacial score (nSPS) is 11.9. The van der Waals surface area contributed by atoms with Crippen LogP contribution in [0.5, 0.6) is 0 Å². The first-order valence-electron chi connectivity index (χ1n) is 7.19. The molecule has 0 saturated carbocycles. The van der Waals surface area contributed by atoms with Gasteiger partial charge in [0.2, 0.25) is 5.91 Å². The number of nitrogens with two attached hydrogens (primary N) is 1. The average molecular weight is 324 g/mol. The number of amides is 1. The molecule has 3 aromatic rings. The van der Waals surface area contributed by atoms with Crippen LogP contribution in [0.1, 0.15) is 5.56 Å². The third-order valence-electron chi connectivity index (χ3n) is 3.31. The lowest BCUT2D eigenvalue weighted by Gasteiger charge is -2.10. The fraction of sp³-hybridized carbons (Fsp3) is 0.118. The Morgan fingerprint density at radius 3 is 2.65 bits per heavy atom. The molecule has 2 aromatic heterocycles. The molecule has 23 heavy (non-hydrogen) atoms. The summed E-state index contributed by atoms with van der Waals surface area (Å²) in [6, 6.07) is 12.9. The second-order valence-corrected chi connectivity index (χ2v) is 6.08. The zero-order valence-electron chi connectivity index (χ0n) is 12.3. The fourth-order valence-electron chi connectivity index (χ4n) is 2.13. The van der Waals surface area contributed by atoms with Crippen LogP contribution in [0.3, 0.4) is 0 Å². The van der Waals surface area contributed by atoms with Crippen molar-refractivity contribution in [2.45, 2.75) is 12.5 Å². The van der Waals surface area contributed by atoms with Crippen molar-refractivity contribution >= 4 is 22.2 Å². The molecule has 3 N–H and O–H groups in total. The Balaban J connectivity index is 1.63. The Hall–Kier alpha value is -2.57. The summed E-state index contributed by atoms with van der Waals surface area (Å²) in [5.41, 5.74) is 7.99. The monoisotopic (exact) mass is 324 g/mol. The van der Waals surface area contributed by atoms with Gasteiger partial charge in [0.25, 0.3) is 0 Å². The molecule has 0 fully saturated rings. The van der Waals surface area contributed by atoms with E-state index in [4.69, 9.17) is 5.73 Å². The molecule has 0 aliphatic heterocycles. The number of rotatable bonds is 5. The molecule has 0 saturated heterocycles. The number of nitrogens with zero attached hydrogens (tertiary/aromatic N) is 2. The predicted octanol–water partition coefficient (Wildman–Crippen LogP) is 2.71. The summed E-state index contributed by atoms with van der Waals surface area (Å²) in [7, 11) is 0. The van der Waals surface area contributed by atoms with Crippen molar-refractivity contribution in [1.29, 1.82) is 0 Å². The van der Waals surface area contributed by atoms with Crippen molar-refractivity contribution in [2.75, 3.05) is 5.32 Å². The SMILES string of the molecule is N[C@@H](Cc1ccccc1)C(=O)Nc1cnc(-c2ccncc2)s1. The van der Waals surface area contributed by atoms with Crippen LogP contribution in [0.25, 0.3) is 10.6 Å². The molecule has 116 valence electrons. The largest absolute Gasteiger partial charge is 0.320 e. The Morgan fingerprint density at radius 1 is 1.17 bits per heavy atom. The number of carbonyl (C=O) groups excluding carboxylic acids is 1. The van der Waals surface area contributed by atoms with E-state index < -0.39 is 6.04 Å². The summed E-state index contributed by atoms with van der Waals surface area (Å²) in [5.74, 6) is -0.209. The highest BCUT2D eigenvalue weighted by atomic mass is 32.1. The summed E-state index contributed by atoms with van der Waals surface area (Å²) in [4.78, 5) is 20.5. The first-order valence-corrected chi connectivity index (χ1v) is 8.00. The minimum Gasteiger partial charge on any atom is -0.320 e. The van der Waals surface area contributed by atoms with Crippen LogP contribution in [-0.4, -0.2) is 21.9 Å². The highest BCUT2D eigenvalue weighted by molar-refractivity contribution is 7.19. The van der Waals surface area contributed by atoms with Gasteiger partial charge in [-0.2, -0.15) is 0 Å². The molecule has 2 heterocycles. The lowest BCUT2D eigenvalue weighted by molar-refractivity contribution is -0.117. The predicted molar refractivity (Wildman–Crippen MR) is 92.1 cm³/mol. The number of anilines is 1. The zero-order chi connectivity index (χ0) is 16.1. The van der Waals surface area contributed by atoms with Gasteiger partial charge in [-0.25, -0.2) is 4.98 Å². The minimum absolute atomic E-state index is 0.209. The van der Waals surface area contributed by atoms with Crippen molar-refractivity contribution in [3.63, 3.8) is 0 Å². The second kappa shape index (κ2) is 7.13.